The zero-order valence-electron chi connectivity index (χ0n) is 15.3. The summed E-state index contributed by atoms with van der Waals surface area (Å²) in [5.41, 5.74) is 1.75. The van der Waals surface area contributed by atoms with E-state index in [2.05, 4.69) is 21.7 Å². The molecule has 0 atom stereocenters. The number of nitrogens with zero attached hydrogens (tertiary/aromatic N) is 2. The van der Waals surface area contributed by atoms with Gasteiger partial charge in [0, 0.05) is 36.0 Å². The summed E-state index contributed by atoms with van der Waals surface area (Å²) < 4.78 is 5.44. The van der Waals surface area contributed by atoms with Crippen molar-refractivity contribution in [1.29, 1.82) is 0 Å². The standard InChI is InChI=1S/C21H23N3O2S/c1-2-26-19-9-7-18(8-10-19)23-21(25)24(13-11-20-6-4-14-27-20)16-17-5-3-12-22-15-17/h3-10,12,14-15H,2,11,13,16H2,1H3,(H,23,25). The smallest absolute Gasteiger partial charge is 0.322 e. The van der Waals surface area contributed by atoms with Crippen LogP contribution >= 0.6 is 11.3 Å². The molecular weight excluding hydrogens is 358 g/mol. The fourth-order valence-corrected chi connectivity index (χ4v) is 3.37. The highest BCUT2D eigenvalue weighted by Crippen LogP contribution is 2.17. The molecule has 5 nitrogen and oxygen atoms in total. The summed E-state index contributed by atoms with van der Waals surface area (Å²) in [6.07, 6.45) is 4.36. The Morgan fingerprint density at radius 3 is 2.70 bits per heavy atom. The number of thiophene rings is 1. The number of hydrogen-bond acceptors (Lipinski definition) is 4. The van der Waals surface area contributed by atoms with Crippen LogP contribution in [0.3, 0.4) is 0 Å². The number of carbonyl (C=O) groups excluding carboxylic acids is 1. The van der Waals surface area contributed by atoms with Gasteiger partial charge >= 0.3 is 6.03 Å². The minimum absolute atomic E-state index is 0.125. The molecule has 0 radical (unpaired) electrons. The molecule has 0 bridgehead atoms. The SMILES string of the molecule is CCOc1ccc(NC(=O)N(CCc2cccs2)Cc2cccnc2)cc1. The minimum atomic E-state index is -0.125. The highest BCUT2D eigenvalue weighted by molar-refractivity contribution is 7.09. The van der Waals surface area contributed by atoms with Gasteiger partial charge in [-0.05, 0) is 60.7 Å². The number of anilines is 1. The highest BCUT2D eigenvalue weighted by Gasteiger charge is 2.15. The molecule has 0 fully saturated rings. The van der Waals surface area contributed by atoms with Crippen LogP contribution < -0.4 is 10.1 Å². The molecule has 3 aromatic rings. The topological polar surface area (TPSA) is 54.5 Å². The molecule has 3 rings (SSSR count). The van der Waals surface area contributed by atoms with Crippen molar-refractivity contribution in [3.05, 3.63) is 76.7 Å². The number of rotatable bonds is 8. The van der Waals surface area contributed by atoms with Crippen molar-refractivity contribution in [2.75, 3.05) is 18.5 Å². The van der Waals surface area contributed by atoms with Crippen LogP contribution in [0.15, 0.2) is 66.3 Å². The molecule has 0 saturated carbocycles. The van der Waals surface area contributed by atoms with Crippen LogP contribution in [0.2, 0.25) is 0 Å². The van der Waals surface area contributed by atoms with E-state index in [4.69, 9.17) is 4.74 Å². The lowest BCUT2D eigenvalue weighted by atomic mass is 10.2. The summed E-state index contributed by atoms with van der Waals surface area (Å²) in [4.78, 5) is 20.1. The Kier molecular flexibility index (Phi) is 6.82. The Bertz CT molecular complexity index is 820. The second-order valence-electron chi connectivity index (χ2n) is 6.00. The van der Waals surface area contributed by atoms with Gasteiger partial charge in [-0.25, -0.2) is 4.79 Å². The molecule has 0 spiro atoms. The molecule has 2 heterocycles. The molecule has 0 aliphatic carbocycles. The highest BCUT2D eigenvalue weighted by atomic mass is 32.1. The van der Waals surface area contributed by atoms with Crippen molar-refractivity contribution >= 4 is 23.1 Å². The van der Waals surface area contributed by atoms with Gasteiger partial charge in [-0.15, -0.1) is 11.3 Å². The normalized spacial score (nSPS) is 10.4. The number of pyridine rings is 1. The van der Waals surface area contributed by atoms with E-state index < -0.39 is 0 Å². The number of nitrogens with one attached hydrogen (secondary N) is 1. The van der Waals surface area contributed by atoms with E-state index in [1.165, 1.54) is 4.88 Å². The van der Waals surface area contributed by atoms with Gasteiger partial charge in [0.25, 0.3) is 0 Å². The van der Waals surface area contributed by atoms with Crippen molar-refractivity contribution in [3.63, 3.8) is 0 Å². The Morgan fingerprint density at radius 2 is 2.04 bits per heavy atom. The van der Waals surface area contributed by atoms with Crippen LogP contribution in [0.4, 0.5) is 10.5 Å². The maximum absolute atomic E-state index is 12.9. The van der Waals surface area contributed by atoms with Gasteiger partial charge in [-0.3, -0.25) is 4.98 Å². The predicted molar refractivity (Wildman–Crippen MR) is 109 cm³/mol. The minimum Gasteiger partial charge on any atom is -0.494 e. The van der Waals surface area contributed by atoms with Gasteiger partial charge in [0.2, 0.25) is 0 Å². The second-order valence-corrected chi connectivity index (χ2v) is 7.03. The van der Waals surface area contributed by atoms with Gasteiger partial charge in [-0.2, -0.15) is 0 Å². The molecule has 27 heavy (non-hydrogen) atoms. The van der Waals surface area contributed by atoms with Crippen LogP contribution in [0.1, 0.15) is 17.4 Å². The molecule has 0 aliphatic heterocycles. The van der Waals surface area contributed by atoms with Gasteiger partial charge in [0.1, 0.15) is 5.75 Å². The molecule has 2 aromatic heterocycles. The van der Waals surface area contributed by atoms with E-state index in [9.17, 15) is 4.79 Å². The summed E-state index contributed by atoms with van der Waals surface area (Å²) >= 11 is 1.71. The van der Waals surface area contributed by atoms with E-state index in [-0.39, 0.29) is 6.03 Å². The summed E-state index contributed by atoms with van der Waals surface area (Å²) in [7, 11) is 0. The molecule has 0 aliphatic rings. The molecule has 1 N–H and O–H groups in total. The van der Waals surface area contributed by atoms with Crippen molar-refractivity contribution in [2.45, 2.75) is 19.9 Å². The molecule has 140 valence electrons. The second kappa shape index (κ2) is 9.73. The third kappa shape index (κ3) is 5.82. The summed E-state index contributed by atoms with van der Waals surface area (Å²) in [6, 6.07) is 15.3. The largest absolute Gasteiger partial charge is 0.494 e. The van der Waals surface area contributed by atoms with Gasteiger partial charge in [0.05, 0.1) is 6.61 Å². The fraction of sp³-hybridized carbons (Fsp3) is 0.238. The van der Waals surface area contributed by atoms with E-state index >= 15 is 0 Å². The number of urea groups is 1. The number of amides is 2. The average molecular weight is 382 g/mol. The monoisotopic (exact) mass is 381 g/mol. The van der Waals surface area contributed by atoms with Crippen molar-refractivity contribution in [1.82, 2.24) is 9.88 Å². The van der Waals surface area contributed by atoms with Crippen LogP contribution in [-0.4, -0.2) is 29.1 Å². The van der Waals surface area contributed by atoms with Crippen LogP contribution in [0.5, 0.6) is 5.75 Å². The van der Waals surface area contributed by atoms with Crippen molar-refractivity contribution in [3.8, 4) is 5.75 Å². The Labute approximate surface area is 163 Å². The summed E-state index contributed by atoms with van der Waals surface area (Å²) in [5, 5.41) is 5.03. The molecule has 0 saturated heterocycles. The van der Waals surface area contributed by atoms with Crippen LogP contribution in [-0.2, 0) is 13.0 Å². The van der Waals surface area contributed by atoms with Crippen molar-refractivity contribution in [2.24, 2.45) is 0 Å². The summed E-state index contributed by atoms with van der Waals surface area (Å²) in [5.74, 6) is 0.792. The van der Waals surface area contributed by atoms with Crippen LogP contribution in [0.25, 0.3) is 0 Å². The lowest BCUT2D eigenvalue weighted by Gasteiger charge is -2.23. The number of aromatic nitrogens is 1. The fourth-order valence-electron chi connectivity index (χ4n) is 2.67. The Balaban J connectivity index is 1.66. The third-order valence-corrected chi connectivity index (χ3v) is 4.94. The predicted octanol–water partition coefficient (Wildman–Crippen LogP) is 4.82. The first kappa shape index (κ1) is 18.9. The Hall–Kier alpha value is -2.86. The maximum Gasteiger partial charge on any atom is 0.322 e. The zero-order valence-corrected chi connectivity index (χ0v) is 16.1. The molecular formula is C21H23N3O2S. The first-order valence-corrected chi connectivity index (χ1v) is 9.82. The van der Waals surface area contributed by atoms with E-state index in [1.807, 2.05) is 54.3 Å². The van der Waals surface area contributed by atoms with E-state index in [1.54, 1.807) is 23.7 Å². The van der Waals surface area contributed by atoms with E-state index in [0.29, 0.717) is 19.7 Å². The van der Waals surface area contributed by atoms with Gasteiger partial charge in [-0.1, -0.05) is 12.1 Å². The Morgan fingerprint density at radius 1 is 1.19 bits per heavy atom. The summed E-state index contributed by atoms with van der Waals surface area (Å²) in [6.45, 7) is 3.72. The van der Waals surface area contributed by atoms with Gasteiger partial charge in [0.15, 0.2) is 0 Å². The average Bonchev–Trinajstić information content (AvgIpc) is 3.21. The van der Waals surface area contributed by atoms with E-state index in [0.717, 1.165) is 23.4 Å². The molecule has 1 aromatic carbocycles. The maximum atomic E-state index is 12.9. The van der Waals surface area contributed by atoms with Gasteiger partial charge < -0.3 is 15.0 Å². The number of hydrogen-bond donors (Lipinski definition) is 1. The molecule has 6 heteroatoms. The number of carbonyl (C=O) groups is 1. The molecule has 0 unspecified atom stereocenters. The number of benzene rings is 1. The first-order chi connectivity index (χ1) is 13.2. The first-order valence-electron chi connectivity index (χ1n) is 8.94. The quantitative estimate of drug-likeness (QED) is 0.609. The zero-order chi connectivity index (χ0) is 18.9. The molecule has 2 amide bonds. The lowest BCUT2D eigenvalue weighted by molar-refractivity contribution is 0.210. The number of ether oxygens (including phenoxy) is 1. The lowest BCUT2D eigenvalue weighted by Crippen LogP contribution is -2.36. The third-order valence-electron chi connectivity index (χ3n) is 4.01. The van der Waals surface area contributed by atoms with Crippen molar-refractivity contribution < 1.29 is 9.53 Å². The van der Waals surface area contributed by atoms with Crippen LogP contribution in [0, 0.1) is 0 Å².